The van der Waals surface area contributed by atoms with Crippen molar-refractivity contribution in [2.45, 2.75) is 50.5 Å². The van der Waals surface area contributed by atoms with Crippen molar-refractivity contribution in [3.8, 4) is 0 Å². The highest BCUT2D eigenvalue weighted by Crippen LogP contribution is 2.63. The molecule has 5 heterocycles. The first-order valence-electron chi connectivity index (χ1n) is 9.22. The summed E-state index contributed by atoms with van der Waals surface area (Å²) >= 11 is 0. The highest BCUT2D eigenvalue weighted by Gasteiger charge is 2.70. The average molecular weight is 356 g/mol. The standard InChI is InChI=1S/C20H20O6/c1-10-15-6-12-9-23-18(21)13(12)2-3-14-17(24-14)20(10)7-16(26-19(20)25-15)11-4-5-22-8-11/h2-5,8,10,14-17,19H,6-7,9H2,1H3/b3-2-/t10-,14-,15-,16-,17+,19-,20-/m1/s1. The summed E-state index contributed by atoms with van der Waals surface area (Å²) in [4.78, 5) is 12.0. The van der Waals surface area contributed by atoms with Crippen LogP contribution in [-0.4, -0.2) is 37.2 Å². The first-order chi connectivity index (χ1) is 12.7. The summed E-state index contributed by atoms with van der Waals surface area (Å²) in [5.41, 5.74) is 2.55. The van der Waals surface area contributed by atoms with E-state index in [2.05, 4.69) is 6.92 Å². The lowest BCUT2D eigenvalue weighted by atomic mass is 9.68. The number of fused-ring (bicyclic) bond motifs is 2. The number of furan rings is 1. The third-order valence-corrected chi connectivity index (χ3v) is 6.82. The number of cyclic esters (lactones) is 1. The number of hydrogen-bond donors (Lipinski definition) is 0. The number of esters is 1. The first-order valence-corrected chi connectivity index (χ1v) is 9.22. The van der Waals surface area contributed by atoms with Crippen molar-refractivity contribution in [2.24, 2.45) is 11.3 Å². The van der Waals surface area contributed by atoms with Gasteiger partial charge in [-0.3, -0.25) is 0 Å². The molecule has 0 amide bonds. The van der Waals surface area contributed by atoms with E-state index in [1.807, 2.05) is 18.2 Å². The van der Waals surface area contributed by atoms with Gasteiger partial charge in [-0.1, -0.05) is 13.0 Å². The molecule has 7 atom stereocenters. The zero-order chi connectivity index (χ0) is 17.5. The van der Waals surface area contributed by atoms with Gasteiger partial charge in [0.1, 0.15) is 12.7 Å². The number of carbonyl (C=O) groups excluding carboxylic acids is 1. The molecule has 6 heteroatoms. The summed E-state index contributed by atoms with van der Waals surface area (Å²) < 4.78 is 29.3. The summed E-state index contributed by atoms with van der Waals surface area (Å²) in [6.45, 7) is 2.59. The number of epoxide rings is 1. The lowest BCUT2D eigenvalue weighted by molar-refractivity contribution is -0.154. The smallest absolute Gasteiger partial charge is 0.338 e. The number of ether oxygens (including phenoxy) is 4. The van der Waals surface area contributed by atoms with Gasteiger partial charge in [0.25, 0.3) is 0 Å². The van der Waals surface area contributed by atoms with Gasteiger partial charge in [-0.05, 0) is 36.5 Å². The van der Waals surface area contributed by atoms with Gasteiger partial charge >= 0.3 is 5.97 Å². The van der Waals surface area contributed by atoms with Crippen LogP contribution < -0.4 is 0 Å². The molecule has 0 unspecified atom stereocenters. The van der Waals surface area contributed by atoms with E-state index in [0.29, 0.717) is 18.6 Å². The minimum absolute atomic E-state index is 0.00106. The third-order valence-electron chi connectivity index (χ3n) is 6.82. The SMILES string of the molecule is C[C@@H]1[C@H]2CC3=C(/C=C\[C@H]4O[C@@H]4[C@@]14C[C@H](c1ccoc1)O[C@H]4O2)C(=O)OC3. The van der Waals surface area contributed by atoms with Gasteiger partial charge < -0.3 is 23.4 Å². The van der Waals surface area contributed by atoms with Crippen LogP contribution in [0.3, 0.4) is 0 Å². The molecule has 6 nitrogen and oxygen atoms in total. The van der Waals surface area contributed by atoms with E-state index in [9.17, 15) is 4.79 Å². The Balaban J connectivity index is 1.38. The van der Waals surface area contributed by atoms with Crippen molar-refractivity contribution < 1.29 is 28.2 Å². The molecule has 1 aromatic rings. The zero-order valence-corrected chi connectivity index (χ0v) is 14.4. The van der Waals surface area contributed by atoms with E-state index in [1.54, 1.807) is 12.5 Å². The summed E-state index contributed by atoms with van der Waals surface area (Å²) in [6.07, 6.45) is 8.55. The molecule has 2 bridgehead atoms. The largest absolute Gasteiger partial charge is 0.472 e. The Labute approximate surface area is 150 Å². The van der Waals surface area contributed by atoms with Gasteiger partial charge in [-0.25, -0.2) is 4.79 Å². The molecular formula is C20H20O6. The molecule has 0 saturated carbocycles. The second kappa shape index (κ2) is 5.09. The monoisotopic (exact) mass is 356 g/mol. The summed E-state index contributed by atoms with van der Waals surface area (Å²) in [5.74, 6) is 0.0150. The summed E-state index contributed by atoms with van der Waals surface area (Å²) in [5, 5.41) is 0. The minimum Gasteiger partial charge on any atom is -0.472 e. The zero-order valence-electron chi connectivity index (χ0n) is 14.4. The number of carbonyl (C=O) groups is 1. The van der Waals surface area contributed by atoms with Gasteiger partial charge in [-0.2, -0.15) is 0 Å². The van der Waals surface area contributed by atoms with E-state index >= 15 is 0 Å². The Morgan fingerprint density at radius 2 is 2.15 bits per heavy atom. The summed E-state index contributed by atoms with van der Waals surface area (Å²) in [6, 6.07) is 1.95. The average Bonchev–Trinajstić information content (AvgIpc) is 3.00. The molecule has 3 saturated heterocycles. The number of hydrogen-bond acceptors (Lipinski definition) is 6. The molecule has 3 fully saturated rings. The normalized spacial score (nSPS) is 47.2. The van der Waals surface area contributed by atoms with Crippen molar-refractivity contribution in [1.29, 1.82) is 0 Å². The Morgan fingerprint density at radius 1 is 1.23 bits per heavy atom. The van der Waals surface area contributed by atoms with Gasteiger partial charge in [-0.15, -0.1) is 0 Å². The molecule has 136 valence electrons. The maximum Gasteiger partial charge on any atom is 0.338 e. The fourth-order valence-electron chi connectivity index (χ4n) is 5.26. The second-order valence-electron chi connectivity index (χ2n) is 7.97. The van der Waals surface area contributed by atoms with Crippen molar-refractivity contribution in [2.75, 3.05) is 6.61 Å². The maximum absolute atomic E-state index is 12.0. The van der Waals surface area contributed by atoms with Gasteiger partial charge in [0, 0.05) is 5.56 Å². The van der Waals surface area contributed by atoms with Crippen LogP contribution in [0.15, 0.2) is 46.3 Å². The molecule has 0 aromatic carbocycles. The fraction of sp³-hybridized carbons (Fsp3) is 0.550. The van der Waals surface area contributed by atoms with Crippen LogP contribution in [0.25, 0.3) is 0 Å². The number of rotatable bonds is 1. The molecule has 26 heavy (non-hydrogen) atoms. The van der Waals surface area contributed by atoms with Crippen LogP contribution in [0.2, 0.25) is 0 Å². The second-order valence-corrected chi connectivity index (χ2v) is 7.97. The predicted molar refractivity (Wildman–Crippen MR) is 87.8 cm³/mol. The van der Waals surface area contributed by atoms with Crippen molar-refractivity contribution in [3.63, 3.8) is 0 Å². The molecule has 6 rings (SSSR count). The van der Waals surface area contributed by atoms with E-state index in [-0.39, 0.29) is 48.0 Å². The third kappa shape index (κ3) is 1.89. The van der Waals surface area contributed by atoms with Crippen LogP contribution in [0.4, 0.5) is 0 Å². The molecule has 0 N–H and O–H groups in total. The van der Waals surface area contributed by atoms with Crippen LogP contribution in [0.1, 0.15) is 31.4 Å². The molecule has 0 radical (unpaired) electrons. The van der Waals surface area contributed by atoms with Gasteiger partial charge in [0.2, 0.25) is 0 Å². The van der Waals surface area contributed by atoms with Gasteiger partial charge in [0.15, 0.2) is 6.29 Å². The van der Waals surface area contributed by atoms with Crippen molar-refractivity contribution in [3.05, 3.63) is 47.5 Å². The van der Waals surface area contributed by atoms with Crippen molar-refractivity contribution in [1.82, 2.24) is 0 Å². The van der Waals surface area contributed by atoms with Crippen LogP contribution >= 0.6 is 0 Å². The minimum atomic E-state index is -0.300. The lowest BCUT2D eigenvalue weighted by Crippen LogP contribution is -2.39. The Hall–Kier alpha value is -1.89. The van der Waals surface area contributed by atoms with Crippen LogP contribution in [0, 0.1) is 11.3 Å². The molecule has 1 aliphatic carbocycles. The Morgan fingerprint density at radius 3 is 3.00 bits per heavy atom. The fourth-order valence-corrected chi connectivity index (χ4v) is 5.26. The predicted octanol–water partition coefficient (Wildman–Crippen LogP) is 2.67. The molecule has 1 spiro atoms. The van der Waals surface area contributed by atoms with Crippen molar-refractivity contribution >= 4 is 5.97 Å². The topological polar surface area (TPSA) is 70.4 Å². The Bertz CT molecular complexity index is 823. The highest BCUT2D eigenvalue weighted by atomic mass is 16.7. The molecular weight excluding hydrogens is 336 g/mol. The Kier molecular flexibility index (Phi) is 2.98. The van der Waals surface area contributed by atoms with E-state index in [1.165, 1.54) is 0 Å². The maximum atomic E-state index is 12.0. The summed E-state index contributed by atoms with van der Waals surface area (Å²) in [7, 11) is 0. The van der Waals surface area contributed by atoms with Gasteiger partial charge in [0.05, 0.1) is 41.8 Å². The quantitative estimate of drug-likeness (QED) is 0.569. The van der Waals surface area contributed by atoms with Crippen LogP contribution in [0.5, 0.6) is 0 Å². The first kappa shape index (κ1) is 15.2. The van der Waals surface area contributed by atoms with E-state index in [4.69, 9.17) is 23.4 Å². The molecule has 1 aromatic heterocycles. The molecule has 5 aliphatic rings. The van der Waals surface area contributed by atoms with E-state index in [0.717, 1.165) is 17.6 Å². The lowest BCUT2D eigenvalue weighted by Gasteiger charge is -2.30. The van der Waals surface area contributed by atoms with Crippen LogP contribution in [-0.2, 0) is 23.7 Å². The van der Waals surface area contributed by atoms with E-state index < -0.39 is 0 Å². The molecule has 4 aliphatic heterocycles. The highest BCUT2D eigenvalue weighted by molar-refractivity contribution is 5.94.